The average Bonchev–Trinajstić information content (AvgIpc) is 2.57. The number of carbonyl (C=O) groups is 1. The molecule has 0 bridgehead atoms. The molecule has 6 nitrogen and oxygen atoms in total. The number of hydrogen-bond donors (Lipinski definition) is 4. The highest BCUT2D eigenvalue weighted by molar-refractivity contribution is 5.87. The van der Waals surface area contributed by atoms with Crippen LogP contribution in [0.5, 0.6) is 23.0 Å². The van der Waals surface area contributed by atoms with Gasteiger partial charge in [-0.1, -0.05) is 12.1 Å². The molecule has 1 atom stereocenters. The SMILES string of the molecule is C[C@H](CCc1ccc(O)c(O)c1)OC(=O)/C=C/c1ccc(O)c(O)c1. The Morgan fingerprint density at radius 1 is 1.00 bits per heavy atom. The zero-order chi connectivity index (χ0) is 18.4. The second kappa shape index (κ2) is 8.10. The maximum atomic E-state index is 11.8. The fourth-order valence-electron chi connectivity index (χ4n) is 2.20. The minimum absolute atomic E-state index is 0.173. The largest absolute Gasteiger partial charge is 0.504 e. The first-order valence-electron chi connectivity index (χ1n) is 7.76. The molecule has 2 aromatic rings. The second-order valence-electron chi connectivity index (χ2n) is 5.69. The van der Waals surface area contributed by atoms with Crippen molar-refractivity contribution in [3.05, 3.63) is 53.6 Å². The molecular weight excluding hydrogens is 324 g/mol. The van der Waals surface area contributed by atoms with Crippen molar-refractivity contribution >= 4 is 12.0 Å². The minimum Gasteiger partial charge on any atom is -0.504 e. The Balaban J connectivity index is 1.83. The van der Waals surface area contributed by atoms with E-state index in [0.29, 0.717) is 18.4 Å². The Bertz CT molecular complexity index is 781. The van der Waals surface area contributed by atoms with Crippen molar-refractivity contribution in [2.45, 2.75) is 25.9 Å². The van der Waals surface area contributed by atoms with Crippen LogP contribution in [0, 0.1) is 0 Å². The van der Waals surface area contributed by atoms with Crippen LogP contribution in [0.4, 0.5) is 0 Å². The van der Waals surface area contributed by atoms with Crippen LogP contribution < -0.4 is 0 Å². The van der Waals surface area contributed by atoms with E-state index in [0.717, 1.165) is 5.56 Å². The summed E-state index contributed by atoms with van der Waals surface area (Å²) >= 11 is 0. The summed E-state index contributed by atoms with van der Waals surface area (Å²) in [6.07, 6.45) is 3.53. The molecular formula is C19H20O6. The molecule has 25 heavy (non-hydrogen) atoms. The lowest BCUT2D eigenvalue weighted by molar-refractivity contribution is -0.142. The Hall–Kier alpha value is -3.15. The van der Waals surface area contributed by atoms with E-state index >= 15 is 0 Å². The van der Waals surface area contributed by atoms with Gasteiger partial charge in [0, 0.05) is 6.08 Å². The Morgan fingerprint density at radius 3 is 2.28 bits per heavy atom. The van der Waals surface area contributed by atoms with E-state index in [2.05, 4.69) is 0 Å². The molecule has 0 spiro atoms. The van der Waals surface area contributed by atoms with Crippen molar-refractivity contribution in [3.63, 3.8) is 0 Å². The van der Waals surface area contributed by atoms with E-state index in [1.807, 2.05) is 0 Å². The Labute approximate surface area is 145 Å². The van der Waals surface area contributed by atoms with Crippen LogP contribution in [0.25, 0.3) is 6.08 Å². The first kappa shape index (κ1) is 18.2. The van der Waals surface area contributed by atoms with Gasteiger partial charge in [-0.25, -0.2) is 4.79 Å². The molecule has 132 valence electrons. The molecule has 0 radical (unpaired) electrons. The maximum Gasteiger partial charge on any atom is 0.331 e. The molecule has 0 saturated carbocycles. The van der Waals surface area contributed by atoms with Crippen LogP contribution in [0.15, 0.2) is 42.5 Å². The third-order valence-corrected chi connectivity index (χ3v) is 3.61. The van der Waals surface area contributed by atoms with Gasteiger partial charge in [-0.05, 0) is 61.2 Å². The van der Waals surface area contributed by atoms with Crippen molar-refractivity contribution in [1.29, 1.82) is 0 Å². The number of carbonyl (C=O) groups excluding carboxylic acids is 1. The van der Waals surface area contributed by atoms with Crippen molar-refractivity contribution in [2.75, 3.05) is 0 Å². The molecule has 2 aromatic carbocycles. The van der Waals surface area contributed by atoms with E-state index < -0.39 is 5.97 Å². The predicted octanol–water partition coefficient (Wildman–Crippen LogP) is 3.09. The lowest BCUT2D eigenvalue weighted by Crippen LogP contribution is -2.13. The molecule has 0 unspecified atom stereocenters. The van der Waals surface area contributed by atoms with E-state index in [1.165, 1.54) is 36.4 Å². The highest BCUT2D eigenvalue weighted by Gasteiger charge is 2.09. The summed E-state index contributed by atoms with van der Waals surface area (Å²) in [4.78, 5) is 11.8. The van der Waals surface area contributed by atoms with Crippen molar-refractivity contribution < 1.29 is 30.0 Å². The Kier molecular flexibility index (Phi) is 5.89. The number of phenolic OH excluding ortho intramolecular Hbond substituents is 4. The fourth-order valence-corrected chi connectivity index (χ4v) is 2.20. The molecule has 0 amide bonds. The van der Waals surface area contributed by atoms with Gasteiger partial charge in [-0.2, -0.15) is 0 Å². The number of esters is 1. The lowest BCUT2D eigenvalue weighted by Gasteiger charge is -2.12. The molecule has 0 heterocycles. The van der Waals surface area contributed by atoms with E-state index in [1.54, 1.807) is 19.1 Å². The van der Waals surface area contributed by atoms with Gasteiger partial charge in [0.1, 0.15) is 0 Å². The van der Waals surface area contributed by atoms with E-state index in [4.69, 9.17) is 4.74 Å². The summed E-state index contributed by atoms with van der Waals surface area (Å²) in [5.41, 5.74) is 1.38. The van der Waals surface area contributed by atoms with Crippen LogP contribution in [0.2, 0.25) is 0 Å². The number of phenols is 4. The first-order valence-corrected chi connectivity index (χ1v) is 7.76. The summed E-state index contributed by atoms with van der Waals surface area (Å²) in [5, 5.41) is 37.3. The number of ether oxygens (including phenoxy) is 1. The molecule has 0 saturated heterocycles. The van der Waals surface area contributed by atoms with Gasteiger partial charge in [-0.15, -0.1) is 0 Å². The van der Waals surface area contributed by atoms with Gasteiger partial charge in [0.25, 0.3) is 0 Å². The first-order chi connectivity index (χ1) is 11.8. The van der Waals surface area contributed by atoms with E-state index in [9.17, 15) is 25.2 Å². The molecule has 4 N–H and O–H groups in total. The third-order valence-electron chi connectivity index (χ3n) is 3.61. The molecule has 0 aliphatic heterocycles. The van der Waals surface area contributed by atoms with Crippen LogP contribution in [0.1, 0.15) is 24.5 Å². The maximum absolute atomic E-state index is 11.8. The lowest BCUT2D eigenvalue weighted by atomic mass is 10.1. The zero-order valence-electron chi connectivity index (χ0n) is 13.7. The van der Waals surface area contributed by atoms with Gasteiger partial charge < -0.3 is 25.2 Å². The number of aromatic hydroxyl groups is 4. The number of benzene rings is 2. The van der Waals surface area contributed by atoms with Crippen molar-refractivity contribution in [3.8, 4) is 23.0 Å². The standard InChI is InChI=1S/C19H20O6/c1-12(2-3-13-4-7-15(20)17(22)10-13)25-19(24)9-6-14-5-8-16(21)18(23)11-14/h4-12,20-23H,2-3H2,1H3/b9-6+/t12-/m1/s1. The minimum atomic E-state index is -0.520. The molecule has 0 aliphatic carbocycles. The van der Waals surface area contributed by atoms with Crippen molar-refractivity contribution in [1.82, 2.24) is 0 Å². The quantitative estimate of drug-likeness (QED) is 0.364. The highest BCUT2D eigenvalue weighted by atomic mass is 16.5. The number of hydrogen-bond acceptors (Lipinski definition) is 6. The second-order valence-corrected chi connectivity index (χ2v) is 5.69. The van der Waals surface area contributed by atoms with Gasteiger partial charge in [0.05, 0.1) is 6.10 Å². The number of rotatable bonds is 6. The summed E-state index contributed by atoms with van der Waals surface area (Å²) in [7, 11) is 0. The zero-order valence-corrected chi connectivity index (χ0v) is 13.7. The van der Waals surface area contributed by atoms with Gasteiger partial charge in [0.2, 0.25) is 0 Å². The monoisotopic (exact) mass is 344 g/mol. The van der Waals surface area contributed by atoms with E-state index in [-0.39, 0.29) is 29.1 Å². The number of aryl methyl sites for hydroxylation is 1. The Morgan fingerprint density at radius 2 is 1.64 bits per heavy atom. The van der Waals surface area contributed by atoms with Crippen molar-refractivity contribution in [2.24, 2.45) is 0 Å². The smallest absolute Gasteiger partial charge is 0.331 e. The molecule has 2 rings (SSSR count). The normalized spacial score (nSPS) is 12.2. The predicted molar refractivity (Wildman–Crippen MR) is 92.5 cm³/mol. The molecule has 0 aliphatic rings. The fraction of sp³-hybridized carbons (Fsp3) is 0.211. The third kappa shape index (κ3) is 5.46. The topological polar surface area (TPSA) is 107 Å². The summed E-state index contributed by atoms with van der Waals surface area (Å²) in [6.45, 7) is 1.76. The molecule has 0 aromatic heterocycles. The van der Waals surface area contributed by atoms with Gasteiger partial charge in [-0.3, -0.25) is 0 Å². The highest BCUT2D eigenvalue weighted by Crippen LogP contribution is 2.26. The van der Waals surface area contributed by atoms with Gasteiger partial charge >= 0.3 is 5.97 Å². The molecule has 6 heteroatoms. The summed E-state index contributed by atoms with van der Waals surface area (Å²) < 4.78 is 5.25. The average molecular weight is 344 g/mol. The summed E-state index contributed by atoms with van der Waals surface area (Å²) in [5.74, 6) is -1.36. The van der Waals surface area contributed by atoms with Crippen LogP contribution >= 0.6 is 0 Å². The molecule has 0 fully saturated rings. The summed E-state index contributed by atoms with van der Waals surface area (Å²) in [6, 6.07) is 8.80. The van der Waals surface area contributed by atoms with Crippen LogP contribution in [0.3, 0.4) is 0 Å². The van der Waals surface area contributed by atoms with Gasteiger partial charge in [0.15, 0.2) is 23.0 Å². The van der Waals surface area contributed by atoms with Crippen LogP contribution in [-0.2, 0) is 16.0 Å². The van der Waals surface area contributed by atoms with Crippen LogP contribution in [-0.4, -0.2) is 32.5 Å².